The Morgan fingerprint density at radius 2 is 2.10 bits per heavy atom. The fourth-order valence-electron chi connectivity index (χ4n) is 1.88. The lowest BCUT2D eigenvalue weighted by Gasteiger charge is -2.10. The molecule has 1 saturated heterocycles. The summed E-state index contributed by atoms with van der Waals surface area (Å²) in [5.74, 6) is -2.38. The van der Waals surface area contributed by atoms with E-state index in [0.29, 0.717) is 0 Å². The summed E-state index contributed by atoms with van der Waals surface area (Å²) in [6.45, 7) is 0. The minimum Gasteiger partial charge on any atom is -0.500 e. The van der Waals surface area contributed by atoms with E-state index in [1.807, 2.05) is 0 Å². The van der Waals surface area contributed by atoms with Crippen LogP contribution in [0.5, 0.6) is 0 Å². The molecule has 1 atom stereocenters. The van der Waals surface area contributed by atoms with Gasteiger partial charge in [-0.25, -0.2) is 0 Å². The Morgan fingerprint density at radius 3 is 2.70 bits per heavy atom. The molecule has 1 aromatic rings. The third kappa shape index (κ3) is 2.52. The minimum atomic E-state index is -4.51. The first-order chi connectivity index (χ1) is 9.34. The van der Waals surface area contributed by atoms with E-state index in [-0.39, 0.29) is 11.3 Å². The van der Waals surface area contributed by atoms with Crippen molar-refractivity contribution in [3.8, 4) is 0 Å². The Hall–Kier alpha value is -2.31. The van der Waals surface area contributed by atoms with Crippen molar-refractivity contribution in [1.29, 1.82) is 5.41 Å². The number of ketones is 1. The van der Waals surface area contributed by atoms with Crippen molar-refractivity contribution < 1.29 is 27.4 Å². The van der Waals surface area contributed by atoms with Gasteiger partial charge in [-0.2, -0.15) is 13.2 Å². The third-order valence-corrected chi connectivity index (χ3v) is 2.76. The molecule has 1 N–H and O–H groups in total. The summed E-state index contributed by atoms with van der Waals surface area (Å²) in [7, 11) is 1.30. The molecule has 0 radical (unpaired) electrons. The van der Waals surface area contributed by atoms with E-state index in [1.165, 1.54) is 19.2 Å². The summed E-state index contributed by atoms with van der Waals surface area (Å²) < 4.78 is 47.5. The molecule has 1 aromatic carbocycles. The van der Waals surface area contributed by atoms with Crippen LogP contribution in [-0.4, -0.2) is 18.8 Å². The number of carbonyl (C=O) groups is 1. The van der Waals surface area contributed by atoms with Crippen LogP contribution in [0.4, 0.5) is 13.2 Å². The number of ether oxygens (including phenoxy) is 2. The second-order valence-electron chi connectivity index (χ2n) is 4.10. The van der Waals surface area contributed by atoms with Gasteiger partial charge in [0.15, 0.2) is 0 Å². The Bertz CT molecular complexity index is 593. The van der Waals surface area contributed by atoms with Crippen LogP contribution in [-0.2, 0) is 20.4 Å². The highest BCUT2D eigenvalue weighted by atomic mass is 19.4. The van der Waals surface area contributed by atoms with Crippen LogP contribution in [0.1, 0.15) is 17.0 Å². The third-order valence-electron chi connectivity index (χ3n) is 2.76. The topological polar surface area (TPSA) is 59.4 Å². The van der Waals surface area contributed by atoms with Crippen molar-refractivity contribution in [3.05, 3.63) is 47.4 Å². The highest BCUT2D eigenvalue weighted by Crippen LogP contribution is 2.34. The Kier molecular flexibility index (Phi) is 3.52. The van der Waals surface area contributed by atoms with Crippen molar-refractivity contribution in [3.63, 3.8) is 0 Å². The number of benzene rings is 1. The van der Waals surface area contributed by atoms with Crippen LogP contribution in [0.15, 0.2) is 36.3 Å². The molecular weight excluding hydrogens is 275 g/mol. The van der Waals surface area contributed by atoms with Crippen molar-refractivity contribution >= 4 is 11.7 Å². The van der Waals surface area contributed by atoms with Gasteiger partial charge in [-0.15, -0.1) is 0 Å². The van der Waals surface area contributed by atoms with E-state index >= 15 is 0 Å². The Labute approximate surface area is 112 Å². The molecule has 0 bridgehead atoms. The van der Waals surface area contributed by atoms with Crippen LogP contribution in [0, 0.1) is 5.41 Å². The molecule has 2 rings (SSSR count). The van der Waals surface area contributed by atoms with E-state index in [4.69, 9.17) is 10.1 Å². The standard InChI is InChI=1S/C13H10F3NO3/c1-19-6-9-11(18)10(12(17)20-9)7-3-2-4-8(5-7)13(14,15)16/h2-6,10,17H,1H3. The largest absolute Gasteiger partial charge is 0.500 e. The molecule has 4 nitrogen and oxygen atoms in total. The zero-order valence-corrected chi connectivity index (χ0v) is 10.3. The summed E-state index contributed by atoms with van der Waals surface area (Å²) >= 11 is 0. The van der Waals surface area contributed by atoms with Gasteiger partial charge >= 0.3 is 6.18 Å². The summed E-state index contributed by atoms with van der Waals surface area (Å²) in [6, 6.07) is 4.29. The Morgan fingerprint density at radius 1 is 1.40 bits per heavy atom. The molecule has 1 unspecified atom stereocenters. The molecule has 106 valence electrons. The predicted molar refractivity (Wildman–Crippen MR) is 63.1 cm³/mol. The molecule has 0 aliphatic carbocycles. The number of methoxy groups -OCH3 is 1. The average Bonchev–Trinajstić information content (AvgIpc) is 2.64. The van der Waals surface area contributed by atoms with Gasteiger partial charge in [0, 0.05) is 0 Å². The van der Waals surface area contributed by atoms with Gasteiger partial charge in [0.05, 0.1) is 12.7 Å². The zero-order valence-electron chi connectivity index (χ0n) is 10.3. The van der Waals surface area contributed by atoms with Gasteiger partial charge in [0.25, 0.3) is 0 Å². The normalized spacial score (nSPS) is 21.2. The summed E-state index contributed by atoms with van der Waals surface area (Å²) in [4.78, 5) is 12.0. The van der Waals surface area contributed by atoms with E-state index < -0.39 is 29.3 Å². The lowest BCUT2D eigenvalue weighted by Crippen LogP contribution is -2.14. The van der Waals surface area contributed by atoms with Gasteiger partial charge in [-0.05, 0) is 11.6 Å². The quantitative estimate of drug-likeness (QED) is 0.671. The van der Waals surface area contributed by atoms with Crippen LogP contribution in [0.2, 0.25) is 0 Å². The van der Waals surface area contributed by atoms with Gasteiger partial charge in [-0.3, -0.25) is 10.2 Å². The number of Topliss-reactive ketones (excluding diaryl/α,β-unsaturated/α-hetero) is 1. The minimum absolute atomic E-state index is 0.0642. The van der Waals surface area contributed by atoms with Crippen molar-refractivity contribution in [2.45, 2.75) is 12.1 Å². The summed E-state index contributed by atoms with van der Waals surface area (Å²) in [5, 5.41) is 7.59. The number of hydrogen-bond acceptors (Lipinski definition) is 4. The summed E-state index contributed by atoms with van der Waals surface area (Å²) in [5.41, 5.74) is -0.811. The highest BCUT2D eigenvalue weighted by molar-refractivity contribution is 6.18. The van der Waals surface area contributed by atoms with Crippen LogP contribution in [0.25, 0.3) is 0 Å². The molecule has 0 amide bonds. The zero-order chi connectivity index (χ0) is 14.9. The monoisotopic (exact) mass is 285 g/mol. The molecule has 1 fully saturated rings. The molecule has 0 saturated carbocycles. The first-order valence-electron chi connectivity index (χ1n) is 5.55. The maximum atomic E-state index is 12.6. The predicted octanol–water partition coefficient (Wildman–Crippen LogP) is 2.85. The van der Waals surface area contributed by atoms with Crippen molar-refractivity contribution in [2.24, 2.45) is 0 Å². The number of rotatable bonds is 2. The number of nitrogens with one attached hydrogen (secondary N) is 1. The molecule has 0 aromatic heterocycles. The number of alkyl halides is 3. The number of carbonyl (C=O) groups excluding carboxylic acids is 1. The number of allylic oxidation sites excluding steroid dienone is 1. The Balaban J connectivity index is 2.40. The molecule has 1 aliphatic rings. The van der Waals surface area contributed by atoms with E-state index in [9.17, 15) is 18.0 Å². The highest BCUT2D eigenvalue weighted by Gasteiger charge is 2.40. The molecule has 0 spiro atoms. The molecule has 1 heterocycles. The van der Waals surface area contributed by atoms with E-state index in [2.05, 4.69) is 4.74 Å². The first kappa shape index (κ1) is 14.1. The van der Waals surface area contributed by atoms with Gasteiger partial charge < -0.3 is 9.47 Å². The van der Waals surface area contributed by atoms with E-state index in [0.717, 1.165) is 18.4 Å². The fourth-order valence-corrected chi connectivity index (χ4v) is 1.88. The van der Waals surface area contributed by atoms with Gasteiger partial charge in [0.2, 0.25) is 17.4 Å². The van der Waals surface area contributed by atoms with Gasteiger partial charge in [0.1, 0.15) is 12.2 Å². The second kappa shape index (κ2) is 4.99. The lowest BCUT2D eigenvalue weighted by atomic mass is 9.94. The molecule has 1 aliphatic heterocycles. The van der Waals surface area contributed by atoms with Crippen molar-refractivity contribution in [2.75, 3.05) is 7.11 Å². The van der Waals surface area contributed by atoms with Crippen LogP contribution >= 0.6 is 0 Å². The lowest BCUT2D eigenvalue weighted by molar-refractivity contribution is -0.137. The average molecular weight is 285 g/mol. The first-order valence-corrected chi connectivity index (χ1v) is 5.55. The van der Waals surface area contributed by atoms with Crippen LogP contribution in [0.3, 0.4) is 0 Å². The summed E-state index contributed by atoms with van der Waals surface area (Å²) in [6.07, 6.45) is -3.49. The number of halogens is 3. The maximum absolute atomic E-state index is 12.6. The molecule has 20 heavy (non-hydrogen) atoms. The van der Waals surface area contributed by atoms with Gasteiger partial charge in [-0.1, -0.05) is 18.2 Å². The fraction of sp³-hybridized carbons (Fsp3) is 0.231. The van der Waals surface area contributed by atoms with E-state index in [1.54, 1.807) is 0 Å². The molecule has 7 heteroatoms. The second-order valence-corrected chi connectivity index (χ2v) is 4.10. The van der Waals surface area contributed by atoms with Crippen LogP contribution < -0.4 is 0 Å². The van der Waals surface area contributed by atoms with Crippen molar-refractivity contribution in [1.82, 2.24) is 0 Å². The SMILES string of the molecule is COC=C1OC(=N)C(c2cccc(C(F)(F)F)c2)C1=O. The molecular formula is C13H10F3NO3. The smallest absolute Gasteiger partial charge is 0.416 e. The number of hydrogen-bond donors (Lipinski definition) is 1. The maximum Gasteiger partial charge on any atom is 0.416 e.